The van der Waals surface area contributed by atoms with E-state index in [9.17, 15) is 8.78 Å². The predicted octanol–water partition coefficient (Wildman–Crippen LogP) is 5.52. The number of para-hydroxylation sites is 1. The number of nitrogens with one attached hydrogen (secondary N) is 1. The number of rotatable bonds is 5. The third kappa shape index (κ3) is 4.65. The van der Waals surface area contributed by atoms with Crippen molar-refractivity contribution in [3.63, 3.8) is 0 Å². The maximum atomic E-state index is 14.1. The Bertz CT molecular complexity index is 1260. The summed E-state index contributed by atoms with van der Waals surface area (Å²) in [5, 5.41) is 3.17. The third-order valence-corrected chi connectivity index (χ3v) is 5.88. The molecule has 1 aliphatic rings. The Balaban J connectivity index is 1.70. The topological polar surface area (TPSA) is 53.7 Å². The first-order valence-corrected chi connectivity index (χ1v) is 10.7. The first kappa shape index (κ1) is 22.3. The molecule has 168 valence electrons. The van der Waals surface area contributed by atoms with Crippen LogP contribution < -0.4 is 11.1 Å². The van der Waals surface area contributed by atoms with E-state index in [1.807, 2.05) is 43.6 Å². The molecule has 6 heteroatoms. The summed E-state index contributed by atoms with van der Waals surface area (Å²) in [6.45, 7) is 6.05. The third-order valence-electron chi connectivity index (χ3n) is 5.88. The first-order valence-electron chi connectivity index (χ1n) is 10.7. The summed E-state index contributed by atoms with van der Waals surface area (Å²) in [6, 6.07) is 17.7. The summed E-state index contributed by atoms with van der Waals surface area (Å²) in [5.74, 6) is -0.804. The maximum Gasteiger partial charge on any atom is 0.134 e. The molecule has 1 heterocycles. The summed E-state index contributed by atoms with van der Waals surface area (Å²) < 4.78 is 28.0. The van der Waals surface area contributed by atoms with E-state index in [0.717, 1.165) is 11.6 Å². The Labute approximate surface area is 192 Å². The summed E-state index contributed by atoms with van der Waals surface area (Å²) in [4.78, 5) is 6.98. The zero-order valence-electron chi connectivity index (χ0n) is 18.6. The molecule has 0 fully saturated rings. The van der Waals surface area contributed by atoms with Crippen LogP contribution in [0.25, 0.3) is 11.8 Å². The number of likely N-dealkylation sites (N-methyl/N-ethyl adjacent to an activating group) is 1. The number of amidine groups is 1. The summed E-state index contributed by atoms with van der Waals surface area (Å²) in [6.07, 6.45) is 4.11. The van der Waals surface area contributed by atoms with Crippen LogP contribution in [-0.2, 0) is 0 Å². The predicted molar refractivity (Wildman–Crippen MR) is 132 cm³/mol. The zero-order valence-corrected chi connectivity index (χ0v) is 18.6. The number of fused-ring (bicyclic) bond motifs is 1. The van der Waals surface area contributed by atoms with Crippen LogP contribution >= 0.6 is 0 Å². The molecule has 0 aromatic heterocycles. The van der Waals surface area contributed by atoms with Gasteiger partial charge in [-0.3, -0.25) is 4.99 Å². The number of benzene rings is 3. The van der Waals surface area contributed by atoms with E-state index < -0.39 is 11.6 Å². The van der Waals surface area contributed by atoms with E-state index in [1.165, 1.54) is 11.6 Å². The van der Waals surface area contributed by atoms with Crippen LogP contribution in [0.5, 0.6) is 0 Å². The molecule has 0 saturated heterocycles. The molecule has 0 amide bonds. The Morgan fingerprint density at radius 1 is 1.09 bits per heavy atom. The van der Waals surface area contributed by atoms with Crippen molar-refractivity contribution in [3.8, 4) is 0 Å². The average molecular weight is 445 g/mol. The standard InChI is InChI=1S/C27H26F2N4/c1-17-23(14-20(28)15-24(17)29)18(2)32-27(22-10-6-7-11-25(22)30)31-16-26-21-9-5-4-8-19(21)12-13-33(26)3/h4-15,26H,2,16,30H2,1,3H3,(H,31,32). The van der Waals surface area contributed by atoms with Crippen molar-refractivity contribution in [3.05, 3.63) is 113 Å². The van der Waals surface area contributed by atoms with Crippen LogP contribution in [0.2, 0.25) is 0 Å². The zero-order chi connectivity index (χ0) is 23.5. The minimum atomic E-state index is -0.666. The van der Waals surface area contributed by atoms with Crippen molar-refractivity contribution in [1.29, 1.82) is 0 Å². The minimum absolute atomic E-state index is 0.0227. The highest BCUT2D eigenvalue weighted by molar-refractivity contribution is 6.06. The molecule has 3 aromatic rings. The highest BCUT2D eigenvalue weighted by Gasteiger charge is 2.21. The quantitative estimate of drug-likeness (QED) is 0.310. The molecular weight excluding hydrogens is 418 g/mol. The van der Waals surface area contributed by atoms with Crippen LogP contribution in [-0.4, -0.2) is 24.3 Å². The van der Waals surface area contributed by atoms with Crippen molar-refractivity contribution in [2.75, 3.05) is 19.3 Å². The molecule has 0 spiro atoms. The fourth-order valence-corrected chi connectivity index (χ4v) is 3.97. The molecule has 4 rings (SSSR count). The Kier molecular flexibility index (Phi) is 6.27. The lowest BCUT2D eigenvalue weighted by Crippen LogP contribution is -2.28. The van der Waals surface area contributed by atoms with Crippen LogP contribution in [0.3, 0.4) is 0 Å². The second-order valence-corrected chi connectivity index (χ2v) is 8.07. The summed E-state index contributed by atoms with van der Waals surface area (Å²) in [7, 11) is 2.01. The van der Waals surface area contributed by atoms with Crippen molar-refractivity contribution in [2.45, 2.75) is 13.0 Å². The Hall–Kier alpha value is -3.93. The second kappa shape index (κ2) is 9.28. The number of hydrogen-bond donors (Lipinski definition) is 2. The van der Waals surface area contributed by atoms with E-state index in [2.05, 4.69) is 35.0 Å². The van der Waals surface area contributed by atoms with Gasteiger partial charge in [-0.25, -0.2) is 8.78 Å². The van der Waals surface area contributed by atoms with Gasteiger partial charge in [-0.15, -0.1) is 0 Å². The maximum absolute atomic E-state index is 14.1. The van der Waals surface area contributed by atoms with Crippen LogP contribution in [0.1, 0.15) is 33.9 Å². The van der Waals surface area contributed by atoms with Gasteiger partial charge in [0.25, 0.3) is 0 Å². The van der Waals surface area contributed by atoms with Gasteiger partial charge in [0.15, 0.2) is 0 Å². The number of nitrogens with zero attached hydrogens (tertiary/aromatic N) is 2. The van der Waals surface area contributed by atoms with Gasteiger partial charge >= 0.3 is 0 Å². The largest absolute Gasteiger partial charge is 0.398 e. The van der Waals surface area contributed by atoms with Gasteiger partial charge in [-0.05, 0) is 54.1 Å². The molecule has 3 aromatic carbocycles. The normalized spacial score (nSPS) is 15.3. The molecule has 0 bridgehead atoms. The van der Waals surface area contributed by atoms with Crippen LogP contribution in [0, 0.1) is 18.6 Å². The van der Waals surface area contributed by atoms with Crippen molar-refractivity contribution in [2.24, 2.45) is 4.99 Å². The number of nitrogen functional groups attached to an aromatic ring is 1. The molecule has 1 atom stereocenters. The molecule has 0 saturated carbocycles. The monoisotopic (exact) mass is 444 g/mol. The van der Waals surface area contributed by atoms with Gasteiger partial charge in [0.2, 0.25) is 0 Å². The Morgan fingerprint density at radius 3 is 2.61 bits per heavy atom. The number of aliphatic imine (C=N–C) groups is 1. The summed E-state index contributed by atoms with van der Waals surface area (Å²) in [5.41, 5.74) is 10.8. The molecule has 1 unspecified atom stereocenters. The molecule has 1 aliphatic heterocycles. The van der Waals surface area contributed by atoms with Gasteiger partial charge in [0, 0.05) is 35.6 Å². The van der Waals surface area contributed by atoms with E-state index >= 15 is 0 Å². The highest BCUT2D eigenvalue weighted by atomic mass is 19.1. The molecule has 4 nitrogen and oxygen atoms in total. The van der Waals surface area contributed by atoms with Crippen LogP contribution in [0.15, 0.2) is 78.4 Å². The van der Waals surface area contributed by atoms with Gasteiger partial charge in [0.1, 0.15) is 17.5 Å². The van der Waals surface area contributed by atoms with Gasteiger partial charge in [0.05, 0.1) is 12.6 Å². The fourth-order valence-electron chi connectivity index (χ4n) is 3.97. The first-order chi connectivity index (χ1) is 15.8. The van der Waals surface area contributed by atoms with Gasteiger partial charge in [-0.1, -0.05) is 43.0 Å². The summed E-state index contributed by atoms with van der Waals surface area (Å²) >= 11 is 0. The van der Waals surface area contributed by atoms with E-state index in [-0.39, 0.29) is 6.04 Å². The van der Waals surface area contributed by atoms with E-state index in [0.29, 0.717) is 40.5 Å². The van der Waals surface area contributed by atoms with E-state index in [1.54, 1.807) is 13.0 Å². The highest BCUT2D eigenvalue weighted by Crippen LogP contribution is 2.29. The fraction of sp³-hybridized carbons (Fsp3) is 0.148. The average Bonchev–Trinajstić information content (AvgIpc) is 2.80. The Morgan fingerprint density at radius 2 is 1.82 bits per heavy atom. The van der Waals surface area contributed by atoms with Crippen molar-refractivity contribution in [1.82, 2.24) is 10.2 Å². The minimum Gasteiger partial charge on any atom is -0.398 e. The number of halogens is 2. The van der Waals surface area contributed by atoms with Crippen LogP contribution in [0.4, 0.5) is 14.5 Å². The lowest BCUT2D eigenvalue weighted by molar-refractivity contribution is 0.341. The van der Waals surface area contributed by atoms with Crippen molar-refractivity contribution < 1.29 is 8.78 Å². The van der Waals surface area contributed by atoms with Gasteiger partial charge in [-0.2, -0.15) is 0 Å². The van der Waals surface area contributed by atoms with Crippen molar-refractivity contribution >= 4 is 23.3 Å². The van der Waals surface area contributed by atoms with E-state index in [4.69, 9.17) is 10.7 Å². The second-order valence-electron chi connectivity index (χ2n) is 8.07. The molecular formula is C27H26F2N4. The lowest BCUT2D eigenvalue weighted by atomic mass is 9.96. The smallest absolute Gasteiger partial charge is 0.134 e. The number of hydrogen-bond acceptors (Lipinski definition) is 3. The number of anilines is 1. The SMILES string of the molecule is C=C(NC(=NCC1c2ccccc2C=CN1C)c1ccccc1N)c1cc(F)cc(F)c1C. The molecule has 0 aliphatic carbocycles. The number of nitrogens with two attached hydrogens (primary N) is 1. The molecule has 0 radical (unpaired) electrons. The lowest BCUT2D eigenvalue weighted by Gasteiger charge is -2.31. The molecule has 33 heavy (non-hydrogen) atoms. The van der Waals surface area contributed by atoms with Gasteiger partial charge < -0.3 is 16.0 Å². The molecule has 3 N–H and O–H groups in total.